The first-order chi connectivity index (χ1) is 14.7. The normalized spacial score (nSPS) is 17.8. The summed E-state index contributed by atoms with van der Waals surface area (Å²) in [5.41, 5.74) is 2.84. The van der Waals surface area contributed by atoms with E-state index < -0.39 is 0 Å². The summed E-state index contributed by atoms with van der Waals surface area (Å²) in [5, 5.41) is 4.27. The molecule has 0 saturated carbocycles. The number of hydrogen-bond donors (Lipinski definition) is 0. The lowest BCUT2D eigenvalue weighted by Gasteiger charge is -2.35. The smallest absolute Gasteiger partial charge is 0.257 e. The Kier molecular flexibility index (Phi) is 5.39. The van der Waals surface area contributed by atoms with Crippen molar-refractivity contribution >= 4 is 34.0 Å². The molecule has 3 aromatic rings. The van der Waals surface area contributed by atoms with Gasteiger partial charge >= 0.3 is 0 Å². The van der Waals surface area contributed by atoms with Crippen molar-refractivity contribution in [3.63, 3.8) is 0 Å². The lowest BCUT2D eigenvalue weighted by Crippen LogP contribution is -2.48. The largest absolute Gasteiger partial charge is 0.356 e. The molecule has 0 atom stereocenters. The van der Waals surface area contributed by atoms with E-state index in [4.69, 9.17) is 4.98 Å². The fourth-order valence-corrected chi connectivity index (χ4v) is 5.03. The Morgan fingerprint density at radius 3 is 2.53 bits per heavy atom. The van der Waals surface area contributed by atoms with E-state index in [1.807, 2.05) is 42.2 Å². The summed E-state index contributed by atoms with van der Waals surface area (Å²) >= 11 is 1.70. The molecule has 0 spiro atoms. The van der Waals surface area contributed by atoms with Gasteiger partial charge in [-0.15, -0.1) is 11.3 Å². The Balaban J connectivity index is 1.35. The predicted molar refractivity (Wildman–Crippen MR) is 121 cm³/mol. The number of anilines is 1. The molecule has 1 amide bonds. The van der Waals surface area contributed by atoms with Crippen LogP contribution in [0.25, 0.3) is 10.9 Å². The number of thiazole rings is 1. The number of nitrogens with zero attached hydrogens (tertiary/aromatic N) is 5. The minimum atomic E-state index is 0.110. The van der Waals surface area contributed by atoms with Crippen LogP contribution in [0.5, 0.6) is 0 Å². The predicted octanol–water partition coefficient (Wildman–Crippen LogP) is 3.56. The number of aryl methyl sites for hydroxylation is 1. The lowest BCUT2D eigenvalue weighted by molar-refractivity contribution is 0.0627. The quantitative estimate of drug-likeness (QED) is 0.645. The van der Waals surface area contributed by atoms with Gasteiger partial charge in [0.15, 0.2) is 0 Å². The molecule has 156 valence electrons. The van der Waals surface area contributed by atoms with Crippen molar-refractivity contribution in [3.8, 4) is 0 Å². The Bertz CT molecular complexity index is 1050. The highest BCUT2D eigenvalue weighted by atomic mass is 32.1. The van der Waals surface area contributed by atoms with Crippen molar-refractivity contribution in [2.24, 2.45) is 0 Å². The van der Waals surface area contributed by atoms with E-state index in [1.165, 1.54) is 0 Å². The second-order valence-electron chi connectivity index (χ2n) is 8.17. The van der Waals surface area contributed by atoms with Crippen molar-refractivity contribution in [2.75, 3.05) is 44.2 Å². The first kappa shape index (κ1) is 19.5. The topological polar surface area (TPSA) is 52.6 Å². The van der Waals surface area contributed by atoms with Gasteiger partial charge < -0.3 is 9.80 Å². The van der Waals surface area contributed by atoms with Gasteiger partial charge in [0.2, 0.25) is 0 Å². The minimum absolute atomic E-state index is 0.110. The van der Waals surface area contributed by atoms with Crippen molar-refractivity contribution in [1.29, 1.82) is 0 Å². The van der Waals surface area contributed by atoms with E-state index in [-0.39, 0.29) is 5.91 Å². The molecule has 2 saturated heterocycles. The molecule has 6 nitrogen and oxygen atoms in total. The van der Waals surface area contributed by atoms with Gasteiger partial charge in [0.25, 0.3) is 5.91 Å². The maximum Gasteiger partial charge on any atom is 0.257 e. The zero-order valence-corrected chi connectivity index (χ0v) is 18.2. The van der Waals surface area contributed by atoms with Crippen LogP contribution in [0.1, 0.15) is 33.9 Å². The number of carbonyl (C=O) groups is 1. The average molecular weight is 422 g/mol. The zero-order chi connectivity index (χ0) is 20.5. The maximum atomic E-state index is 13.5. The molecule has 5 rings (SSSR count). The Hall–Kier alpha value is -2.51. The monoisotopic (exact) mass is 421 g/mol. The fraction of sp³-hybridized carbons (Fsp3) is 0.435. The molecule has 1 aromatic carbocycles. The van der Waals surface area contributed by atoms with Crippen molar-refractivity contribution in [2.45, 2.75) is 26.3 Å². The van der Waals surface area contributed by atoms with E-state index >= 15 is 0 Å². The summed E-state index contributed by atoms with van der Waals surface area (Å²) in [5.74, 6) is 0.968. The summed E-state index contributed by atoms with van der Waals surface area (Å²) < 4.78 is 0. The molecule has 2 aliphatic rings. The number of benzene rings is 1. The molecule has 2 aromatic heterocycles. The molecule has 2 fully saturated rings. The van der Waals surface area contributed by atoms with Gasteiger partial charge in [0.1, 0.15) is 5.82 Å². The van der Waals surface area contributed by atoms with Gasteiger partial charge in [-0.2, -0.15) is 0 Å². The van der Waals surface area contributed by atoms with Crippen LogP contribution in [0.15, 0.2) is 35.7 Å². The van der Waals surface area contributed by atoms with Crippen molar-refractivity contribution < 1.29 is 4.79 Å². The van der Waals surface area contributed by atoms with Gasteiger partial charge in [-0.1, -0.05) is 18.2 Å². The Morgan fingerprint density at radius 2 is 1.80 bits per heavy atom. The molecule has 4 heterocycles. The first-order valence-corrected chi connectivity index (χ1v) is 11.6. The number of hydrogen-bond acceptors (Lipinski definition) is 6. The number of para-hydroxylation sites is 1. The van der Waals surface area contributed by atoms with Gasteiger partial charge in [-0.25, -0.2) is 9.97 Å². The van der Waals surface area contributed by atoms with Gasteiger partial charge in [0.05, 0.1) is 21.8 Å². The van der Waals surface area contributed by atoms with Crippen LogP contribution in [0.2, 0.25) is 0 Å². The van der Waals surface area contributed by atoms with E-state index in [9.17, 15) is 4.79 Å². The van der Waals surface area contributed by atoms with Crippen molar-refractivity contribution in [3.05, 3.63) is 52.0 Å². The molecular weight excluding hydrogens is 394 g/mol. The standard InChI is InChI=1S/C23H27N5OS/c1-17-24-19(16-30-17)15-26-10-12-28(13-11-26)23(29)20-14-18-6-2-3-7-21(18)25-22(20)27-8-4-5-9-27/h2-3,6-7,14,16H,4-5,8-13,15H2,1H3. The average Bonchev–Trinajstić information content (AvgIpc) is 3.45. The van der Waals surface area contributed by atoms with Crippen LogP contribution >= 0.6 is 11.3 Å². The Labute approximate surface area is 181 Å². The highest BCUT2D eigenvalue weighted by Crippen LogP contribution is 2.28. The molecule has 30 heavy (non-hydrogen) atoms. The molecule has 7 heteroatoms. The van der Waals surface area contributed by atoms with Gasteiger partial charge in [-0.05, 0) is 31.9 Å². The third-order valence-electron chi connectivity index (χ3n) is 6.05. The molecule has 2 aliphatic heterocycles. The van der Waals surface area contributed by atoms with E-state index in [0.29, 0.717) is 0 Å². The lowest BCUT2D eigenvalue weighted by atomic mass is 10.1. The third-order valence-corrected chi connectivity index (χ3v) is 6.87. The van der Waals surface area contributed by atoms with E-state index in [1.54, 1.807) is 11.3 Å². The Morgan fingerprint density at radius 1 is 1.03 bits per heavy atom. The molecule has 0 aliphatic carbocycles. The van der Waals surface area contributed by atoms with Crippen LogP contribution in [0.4, 0.5) is 5.82 Å². The van der Waals surface area contributed by atoms with Crippen LogP contribution in [-0.4, -0.2) is 64.9 Å². The number of pyridine rings is 1. The number of aromatic nitrogens is 2. The number of fused-ring (bicyclic) bond motifs is 1. The summed E-state index contributed by atoms with van der Waals surface area (Å²) in [6, 6.07) is 10.1. The van der Waals surface area contributed by atoms with E-state index in [0.717, 1.165) is 91.6 Å². The van der Waals surface area contributed by atoms with Crippen LogP contribution in [-0.2, 0) is 6.54 Å². The number of piperazine rings is 1. The highest BCUT2D eigenvalue weighted by Gasteiger charge is 2.28. The second-order valence-corrected chi connectivity index (χ2v) is 9.23. The summed E-state index contributed by atoms with van der Waals surface area (Å²) in [6.45, 7) is 8.11. The maximum absolute atomic E-state index is 13.5. The number of rotatable bonds is 4. The van der Waals surface area contributed by atoms with Crippen molar-refractivity contribution in [1.82, 2.24) is 19.8 Å². The molecule has 0 bridgehead atoms. The molecule has 0 unspecified atom stereocenters. The second kappa shape index (κ2) is 8.32. The SMILES string of the molecule is Cc1nc(CN2CCN(C(=O)c3cc4ccccc4nc3N3CCCC3)CC2)cs1. The van der Waals surface area contributed by atoms with Gasteiger partial charge in [-0.3, -0.25) is 9.69 Å². The number of amides is 1. The summed E-state index contributed by atoms with van der Waals surface area (Å²) in [7, 11) is 0. The highest BCUT2D eigenvalue weighted by molar-refractivity contribution is 7.09. The van der Waals surface area contributed by atoms with Crippen LogP contribution < -0.4 is 4.90 Å². The first-order valence-electron chi connectivity index (χ1n) is 10.7. The van der Waals surface area contributed by atoms with Gasteiger partial charge in [0, 0.05) is 56.6 Å². The summed E-state index contributed by atoms with van der Waals surface area (Å²) in [6.07, 6.45) is 2.33. The van der Waals surface area contributed by atoms with E-state index in [2.05, 4.69) is 20.2 Å². The minimum Gasteiger partial charge on any atom is -0.356 e. The summed E-state index contributed by atoms with van der Waals surface area (Å²) in [4.78, 5) is 29.7. The molecule has 0 N–H and O–H groups in total. The third kappa shape index (κ3) is 3.91. The zero-order valence-electron chi connectivity index (χ0n) is 17.4. The van der Waals surface area contributed by atoms with Crippen LogP contribution in [0, 0.1) is 6.92 Å². The molecular formula is C23H27N5OS. The number of carbonyl (C=O) groups excluding carboxylic acids is 1. The fourth-order valence-electron chi connectivity index (χ4n) is 4.42. The molecule has 0 radical (unpaired) electrons. The van der Waals surface area contributed by atoms with Crippen LogP contribution in [0.3, 0.4) is 0 Å².